The minimum atomic E-state index is -0.314. The third-order valence-electron chi connectivity index (χ3n) is 2.79. The number of benzene rings is 1. The normalized spacial score (nSPS) is 11.8. The van der Waals surface area contributed by atoms with Gasteiger partial charge < -0.3 is 9.84 Å². The summed E-state index contributed by atoms with van der Waals surface area (Å²) in [5.41, 5.74) is -0.314. The lowest BCUT2D eigenvalue weighted by Crippen LogP contribution is -2.33. The summed E-state index contributed by atoms with van der Waals surface area (Å²) in [4.78, 5) is 5.49. The van der Waals surface area contributed by atoms with Crippen LogP contribution in [0.5, 0.6) is 0 Å². The molecule has 1 N–H and O–H groups in total. The first-order chi connectivity index (χ1) is 9.01. The Morgan fingerprint density at radius 2 is 2.21 bits per heavy atom. The third kappa shape index (κ3) is 3.72. The molecule has 0 spiro atoms. The molecule has 6 heteroatoms. The van der Waals surface area contributed by atoms with Gasteiger partial charge in [0.2, 0.25) is 5.89 Å². The molecule has 1 aromatic carbocycles. The maximum atomic E-state index is 5.94. The van der Waals surface area contributed by atoms with E-state index in [0.29, 0.717) is 17.5 Å². The molecule has 0 radical (unpaired) electrons. The van der Waals surface area contributed by atoms with E-state index in [1.54, 1.807) is 11.8 Å². The van der Waals surface area contributed by atoms with Crippen molar-refractivity contribution in [3.05, 3.63) is 41.0 Å². The standard InChI is InChI=1S/C13H16ClN3OS/c1-13(2,15-3)12-16-11(17-18-12)8-19-10-6-4-5-9(14)7-10/h4-7,15H,8H2,1-3H3. The van der Waals surface area contributed by atoms with Gasteiger partial charge in [-0.3, -0.25) is 0 Å². The van der Waals surface area contributed by atoms with Crippen LogP contribution in [0.3, 0.4) is 0 Å². The van der Waals surface area contributed by atoms with Crippen LogP contribution in [0.2, 0.25) is 5.02 Å². The van der Waals surface area contributed by atoms with Gasteiger partial charge in [0.25, 0.3) is 0 Å². The van der Waals surface area contributed by atoms with Crippen molar-refractivity contribution in [2.45, 2.75) is 30.0 Å². The van der Waals surface area contributed by atoms with E-state index < -0.39 is 0 Å². The number of nitrogens with one attached hydrogen (secondary N) is 1. The van der Waals surface area contributed by atoms with Gasteiger partial charge in [-0.1, -0.05) is 22.8 Å². The lowest BCUT2D eigenvalue weighted by molar-refractivity contribution is 0.280. The van der Waals surface area contributed by atoms with Crippen molar-refractivity contribution < 1.29 is 4.52 Å². The van der Waals surface area contributed by atoms with Crippen LogP contribution in [0.1, 0.15) is 25.6 Å². The zero-order valence-corrected chi connectivity index (χ0v) is 12.7. The van der Waals surface area contributed by atoms with Crippen molar-refractivity contribution in [1.29, 1.82) is 0 Å². The maximum Gasteiger partial charge on any atom is 0.246 e. The summed E-state index contributed by atoms with van der Waals surface area (Å²) in [5, 5.41) is 7.85. The molecule has 0 amide bonds. The number of aromatic nitrogens is 2. The van der Waals surface area contributed by atoms with Crippen molar-refractivity contribution in [2.24, 2.45) is 0 Å². The first-order valence-corrected chi connectivity index (χ1v) is 7.28. The molecule has 0 atom stereocenters. The summed E-state index contributed by atoms with van der Waals surface area (Å²) < 4.78 is 5.27. The van der Waals surface area contributed by atoms with E-state index in [9.17, 15) is 0 Å². The van der Waals surface area contributed by atoms with Gasteiger partial charge in [-0.15, -0.1) is 11.8 Å². The summed E-state index contributed by atoms with van der Waals surface area (Å²) in [6.07, 6.45) is 0. The minimum Gasteiger partial charge on any atom is -0.337 e. The Morgan fingerprint density at radius 1 is 1.42 bits per heavy atom. The van der Waals surface area contributed by atoms with Crippen LogP contribution in [0.15, 0.2) is 33.7 Å². The van der Waals surface area contributed by atoms with Crippen LogP contribution in [0, 0.1) is 0 Å². The number of rotatable bonds is 5. The second-order valence-corrected chi connectivity index (χ2v) is 6.12. The van der Waals surface area contributed by atoms with E-state index in [0.717, 1.165) is 9.92 Å². The average molecular weight is 298 g/mol. The highest BCUT2D eigenvalue weighted by atomic mass is 35.5. The van der Waals surface area contributed by atoms with Crippen LogP contribution >= 0.6 is 23.4 Å². The fourth-order valence-corrected chi connectivity index (χ4v) is 2.43. The number of nitrogens with zero attached hydrogens (tertiary/aromatic N) is 2. The molecule has 4 nitrogen and oxygen atoms in total. The number of thioether (sulfide) groups is 1. The van der Waals surface area contributed by atoms with Gasteiger partial charge in [0.15, 0.2) is 5.82 Å². The van der Waals surface area contributed by atoms with E-state index >= 15 is 0 Å². The lowest BCUT2D eigenvalue weighted by atomic mass is 10.1. The molecule has 1 aromatic heterocycles. The second kappa shape index (κ2) is 5.94. The Kier molecular flexibility index (Phi) is 4.50. The Hall–Kier alpha value is -1.04. The zero-order chi connectivity index (χ0) is 13.9. The Bertz CT molecular complexity index is 556. The maximum absolute atomic E-state index is 5.94. The largest absolute Gasteiger partial charge is 0.337 e. The predicted octanol–water partition coefficient (Wildman–Crippen LogP) is 3.47. The molecule has 102 valence electrons. The van der Waals surface area contributed by atoms with Crippen molar-refractivity contribution >= 4 is 23.4 Å². The Labute approximate surface area is 121 Å². The van der Waals surface area contributed by atoms with Crippen LogP contribution in [-0.2, 0) is 11.3 Å². The second-order valence-electron chi connectivity index (χ2n) is 4.64. The van der Waals surface area contributed by atoms with E-state index in [2.05, 4.69) is 15.5 Å². The van der Waals surface area contributed by atoms with Gasteiger partial charge in [-0.25, -0.2) is 0 Å². The van der Waals surface area contributed by atoms with Gasteiger partial charge in [0.05, 0.1) is 11.3 Å². The average Bonchev–Trinajstić information content (AvgIpc) is 2.86. The zero-order valence-electron chi connectivity index (χ0n) is 11.1. The fourth-order valence-electron chi connectivity index (χ4n) is 1.38. The molecule has 0 saturated carbocycles. The molecule has 0 saturated heterocycles. The van der Waals surface area contributed by atoms with E-state index in [1.807, 2.05) is 45.2 Å². The number of hydrogen-bond acceptors (Lipinski definition) is 5. The topological polar surface area (TPSA) is 51.0 Å². The Balaban J connectivity index is 2.01. The number of halogens is 1. The summed E-state index contributed by atoms with van der Waals surface area (Å²) in [7, 11) is 1.87. The van der Waals surface area contributed by atoms with Gasteiger partial charge in [0, 0.05) is 9.92 Å². The van der Waals surface area contributed by atoms with Gasteiger partial charge in [0.1, 0.15) is 0 Å². The molecule has 0 bridgehead atoms. The van der Waals surface area contributed by atoms with Crippen LogP contribution < -0.4 is 5.32 Å². The highest BCUT2D eigenvalue weighted by Crippen LogP contribution is 2.25. The smallest absolute Gasteiger partial charge is 0.246 e. The van der Waals surface area contributed by atoms with Gasteiger partial charge in [-0.05, 0) is 39.1 Å². The van der Waals surface area contributed by atoms with Gasteiger partial charge >= 0.3 is 0 Å². The molecule has 0 aliphatic carbocycles. The molecule has 0 aliphatic rings. The summed E-state index contributed by atoms with van der Waals surface area (Å²) in [6.45, 7) is 3.99. The quantitative estimate of drug-likeness (QED) is 0.856. The Morgan fingerprint density at radius 3 is 2.89 bits per heavy atom. The molecule has 19 heavy (non-hydrogen) atoms. The third-order valence-corrected chi connectivity index (χ3v) is 4.02. The summed E-state index contributed by atoms with van der Waals surface area (Å²) >= 11 is 7.57. The van der Waals surface area contributed by atoms with E-state index in [4.69, 9.17) is 16.1 Å². The number of hydrogen-bond donors (Lipinski definition) is 1. The van der Waals surface area contributed by atoms with Gasteiger partial charge in [-0.2, -0.15) is 4.98 Å². The van der Waals surface area contributed by atoms with Crippen molar-refractivity contribution in [1.82, 2.24) is 15.5 Å². The highest BCUT2D eigenvalue weighted by Gasteiger charge is 2.25. The van der Waals surface area contributed by atoms with Crippen LogP contribution in [0.25, 0.3) is 0 Å². The first kappa shape index (κ1) is 14.4. The fraction of sp³-hybridized carbons (Fsp3) is 0.385. The predicted molar refractivity (Wildman–Crippen MR) is 77.4 cm³/mol. The van der Waals surface area contributed by atoms with Crippen LogP contribution in [-0.4, -0.2) is 17.2 Å². The molecule has 2 rings (SSSR count). The molecule has 0 fully saturated rings. The molecular formula is C13H16ClN3OS. The minimum absolute atomic E-state index is 0.314. The lowest BCUT2D eigenvalue weighted by Gasteiger charge is -2.17. The molecule has 1 heterocycles. The van der Waals surface area contributed by atoms with Crippen LogP contribution in [0.4, 0.5) is 0 Å². The SMILES string of the molecule is CNC(C)(C)c1nc(CSc2cccc(Cl)c2)no1. The molecule has 0 aliphatic heterocycles. The first-order valence-electron chi connectivity index (χ1n) is 5.91. The van der Waals surface area contributed by atoms with Crippen molar-refractivity contribution in [2.75, 3.05) is 7.05 Å². The molecule has 2 aromatic rings. The summed E-state index contributed by atoms with van der Waals surface area (Å²) in [6, 6.07) is 7.71. The monoisotopic (exact) mass is 297 g/mol. The van der Waals surface area contributed by atoms with E-state index in [-0.39, 0.29) is 5.54 Å². The molecular weight excluding hydrogens is 282 g/mol. The van der Waals surface area contributed by atoms with Crippen molar-refractivity contribution in [3.63, 3.8) is 0 Å². The highest BCUT2D eigenvalue weighted by molar-refractivity contribution is 7.98. The van der Waals surface area contributed by atoms with Crippen molar-refractivity contribution in [3.8, 4) is 0 Å². The molecule has 0 unspecified atom stereocenters. The summed E-state index contributed by atoms with van der Waals surface area (Å²) in [5.74, 6) is 1.93. The van der Waals surface area contributed by atoms with E-state index in [1.165, 1.54) is 0 Å².